The number of nitrogens with one attached hydrogen (secondary N) is 1. The predicted octanol–water partition coefficient (Wildman–Crippen LogP) is 2.88. The van der Waals surface area contributed by atoms with Gasteiger partial charge in [0.1, 0.15) is 0 Å². The molecule has 0 heterocycles. The Bertz CT molecular complexity index is 319. The Hall–Kier alpha value is -1.83. The third-order valence-corrected chi connectivity index (χ3v) is 1.58. The van der Waals surface area contributed by atoms with Gasteiger partial charge < -0.3 is 5.32 Å². The number of hydrogen-bond donors (Lipinski definition) is 1. The monoisotopic (exact) mass is 186 g/mol. The predicted molar refractivity (Wildman–Crippen MR) is 62.1 cm³/mol. The van der Waals surface area contributed by atoms with Crippen molar-refractivity contribution in [2.75, 3.05) is 12.4 Å². The molecule has 1 rings (SSSR count). The molecular weight excluding hydrogens is 172 g/mol. The molecule has 0 unspecified atom stereocenters. The zero-order valence-electron chi connectivity index (χ0n) is 8.22. The second-order valence-corrected chi connectivity index (χ2v) is 2.67. The third kappa shape index (κ3) is 4.26. The van der Waals surface area contributed by atoms with Crippen molar-refractivity contribution in [3.63, 3.8) is 0 Å². The van der Waals surface area contributed by atoms with E-state index in [1.807, 2.05) is 54.6 Å². The third-order valence-electron chi connectivity index (χ3n) is 1.58. The maximum absolute atomic E-state index is 3.86. The van der Waals surface area contributed by atoms with Crippen LogP contribution in [0.1, 0.15) is 0 Å². The van der Waals surface area contributed by atoms with Crippen LogP contribution in [0.3, 0.4) is 0 Å². The van der Waals surface area contributed by atoms with E-state index < -0.39 is 0 Å². The molecule has 2 nitrogen and oxygen atoms in total. The molecule has 0 aliphatic heterocycles. The largest absolute Gasteiger partial charge is 0.347 e. The van der Waals surface area contributed by atoms with E-state index in [1.54, 1.807) is 13.4 Å². The number of rotatable bonds is 2. The van der Waals surface area contributed by atoms with Crippen LogP contribution in [0, 0.1) is 0 Å². The summed E-state index contributed by atoms with van der Waals surface area (Å²) in [6.07, 6.45) is 1.66. The highest BCUT2D eigenvalue weighted by Gasteiger charge is 1.79. The van der Waals surface area contributed by atoms with Crippen LogP contribution in [-0.2, 0) is 0 Å². The van der Waals surface area contributed by atoms with Crippen LogP contribution in [0.25, 0.3) is 0 Å². The maximum Gasteiger partial charge on any atom is 0.0864 e. The van der Waals surface area contributed by atoms with Crippen LogP contribution in [0.2, 0.25) is 0 Å². The van der Waals surface area contributed by atoms with E-state index >= 15 is 0 Å². The van der Waals surface area contributed by atoms with E-state index in [-0.39, 0.29) is 0 Å². The highest BCUT2D eigenvalue weighted by atomic mass is 14.9. The van der Waals surface area contributed by atoms with Crippen LogP contribution < -0.4 is 5.32 Å². The minimum Gasteiger partial charge on any atom is -0.347 e. The van der Waals surface area contributed by atoms with Gasteiger partial charge in [-0.05, 0) is 12.1 Å². The number of aliphatic imine (C=N–C) groups is 1. The molecule has 0 radical (unpaired) electrons. The van der Waals surface area contributed by atoms with Crippen molar-refractivity contribution in [3.8, 4) is 0 Å². The average molecular weight is 186 g/mol. The number of hydrogen-bond acceptors (Lipinski definition) is 1. The summed E-state index contributed by atoms with van der Waals surface area (Å²) < 4.78 is 0. The Kier molecular flexibility index (Phi) is 4.88. The second-order valence-electron chi connectivity index (χ2n) is 2.67. The molecule has 0 amide bonds. The lowest BCUT2D eigenvalue weighted by atomic mass is 10.3. The van der Waals surface area contributed by atoms with Gasteiger partial charge in [-0.1, -0.05) is 42.5 Å². The first-order valence-corrected chi connectivity index (χ1v) is 4.49. The van der Waals surface area contributed by atoms with Gasteiger partial charge in [0.15, 0.2) is 0 Å². The fourth-order valence-corrected chi connectivity index (χ4v) is 0.930. The van der Waals surface area contributed by atoms with E-state index in [4.69, 9.17) is 0 Å². The molecule has 1 aromatic rings. The van der Waals surface area contributed by atoms with E-state index in [1.165, 1.54) is 0 Å². The number of anilines is 1. The van der Waals surface area contributed by atoms with Gasteiger partial charge in [-0.2, -0.15) is 0 Å². The first kappa shape index (κ1) is 10.3. The van der Waals surface area contributed by atoms with Gasteiger partial charge >= 0.3 is 0 Å². The van der Waals surface area contributed by atoms with Crippen LogP contribution in [0.15, 0.2) is 59.6 Å². The maximum atomic E-state index is 3.86. The Morgan fingerprint density at radius 1 is 0.929 bits per heavy atom. The molecule has 0 saturated carbocycles. The Morgan fingerprint density at radius 3 is 1.93 bits per heavy atom. The molecule has 1 N–H and O–H groups in total. The van der Waals surface area contributed by atoms with Crippen molar-refractivity contribution < 1.29 is 0 Å². The van der Waals surface area contributed by atoms with Crippen molar-refractivity contribution in [2.45, 2.75) is 0 Å². The van der Waals surface area contributed by atoms with Gasteiger partial charge in [-0.15, -0.1) is 0 Å². The summed E-state index contributed by atoms with van der Waals surface area (Å²) in [5.74, 6) is 0. The number of nitrogens with zero attached hydrogens (tertiary/aromatic N) is 1. The quantitative estimate of drug-likeness (QED) is 0.557. The summed E-state index contributed by atoms with van der Waals surface area (Å²) in [7, 11) is 1.73. The fourth-order valence-electron chi connectivity index (χ4n) is 0.930. The van der Waals surface area contributed by atoms with E-state index in [0.29, 0.717) is 0 Å². The molecule has 2 heteroatoms. The van der Waals surface area contributed by atoms with Gasteiger partial charge in [-0.25, -0.2) is 0 Å². The molecule has 0 aliphatic rings. The molecule has 0 spiro atoms. The van der Waals surface area contributed by atoms with Gasteiger partial charge in [0.2, 0.25) is 0 Å². The first-order chi connectivity index (χ1) is 6.93. The van der Waals surface area contributed by atoms with Crippen molar-refractivity contribution in [2.24, 2.45) is 4.99 Å². The standard InChI is InChI=1S/C12H14N2/c1-13-11-14-12-9-7-5-3-2-4-6-8-10-12/h2-11H,1H3,(H,13,14). The second kappa shape index (κ2) is 6.66. The molecule has 0 aromatic heterocycles. The minimum absolute atomic E-state index is 1.01. The first-order valence-electron chi connectivity index (χ1n) is 4.49. The van der Waals surface area contributed by atoms with E-state index in [9.17, 15) is 0 Å². The van der Waals surface area contributed by atoms with Crippen LogP contribution in [-0.4, -0.2) is 13.4 Å². The average Bonchev–Trinajstić information content (AvgIpc) is 2.23. The van der Waals surface area contributed by atoms with Gasteiger partial charge in [0.25, 0.3) is 0 Å². The molecule has 0 atom stereocenters. The van der Waals surface area contributed by atoms with Crippen LogP contribution in [0.5, 0.6) is 0 Å². The topological polar surface area (TPSA) is 24.4 Å². The summed E-state index contributed by atoms with van der Waals surface area (Å²) in [4.78, 5) is 3.86. The smallest absolute Gasteiger partial charge is 0.0864 e. The highest BCUT2D eigenvalue weighted by molar-refractivity contribution is 5.74. The van der Waals surface area contributed by atoms with Crippen molar-refractivity contribution in [1.82, 2.24) is 0 Å². The summed E-state index contributed by atoms with van der Waals surface area (Å²) >= 11 is 0. The van der Waals surface area contributed by atoms with Crippen LogP contribution in [0.4, 0.5) is 5.69 Å². The van der Waals surface area contributed by atoms with Crippen molar-refractivity contribution >= 4 is 12.0 Å². The molecular formula is C12H14N2. The van der Waals surface area contributed by atoms with Gasteiger partial charge in [0.05, 0.1) is 6.34 Å². The fraction of sp³-hybridized carbons (Fsp3) is 0.0833. The Labute approximate surface area is 84.6 Å². The van der Waals surface area contributed by atoms with E-state index in [2.05, 4.69) is 10.3 Å². The zero-order chi connectivity index (χ0) is 10.1. The van der Waals surface area contributed by atoms with Crippen molar-refractivity contribution in [1.29, 1.82) is 0 Å². The molecule has 0 aliphatic carbocycles. The lowest BCUT2D eigenvalue weighted by molar-refractivity contribution is 1.46. The zero-order valence-corrected chi connectivity index (χ0v) is 8.22. The molecule has 14 heavy (non-hydrogen) atoms. The lowest BCUT2D eigenvalue weighted by Gasteiger charge is -1.94. The summed E-state index contributed by atoms with van der Waals surface area (Å²) in [5, 5.41) is 3.06. The normalized spacial score (nSPS) is 9.50. The SMILES string of the molecule is C/N=C\Nc1ccccccccc1. The minimum atomic E-state index is 1.01. The Balaban J connectivity index is 2.95. The van der Waals surface area contributed by atoms with Crippen LogP contribution >= 0.6 is 0 Å². The lowest BCUT2D eigenvalue weighted by Crippen LogP contribution is -1.92. The molecule has 72 valence electrons. The van der Waals surface area contributed by atoms with Gasteiger partial charge in [0, 0.05) is 12.7 Å². The molecule has 0 saturated heterocycles. The highest BCUT2D eigenvalue weighted by Crippen LogP contribution is 1.99. The summed E-state index contributed by atoms with van der Waals surface area (Å²) in [6.45, 7) is 0. The van der Waals surface area contributed by atoms with Crippen molar-refractivity contribution in [3.05, 3.63) is 54.6 Å². The van der Waals surface area contributed by atoms with Gasteiger partial charge in [-0.3, -0.25) is 4.99 Å². The Morgan fingerprint density at radius 2 is 1.43 bits per heavy atom. The van der Waals surface area contributed by atoms with E-state index in [0.717, 1.165) is 5.69 Å². The summed E-state index contributed by atoms with van der Waals surface area (Å²) in [5.41, 5.74) is 1.01. The summed E-state index contributed by atoms with van der Waals surface area (Å²) in [6, 6.07) is 17.8. The molecule has 0 fully saturated rings. The molecule has 0 bridgehead atoms. The molecule has 1 aromatic carbocycles.